The van der Waals surface area contributed by atoms with Gasteiger partial charge in [0.15, 0.2) is 5.82 Å². The molecule has 0 bridgehead atoms. The van der Waals surface area contributed by atoms with Crippen molar-refractivity contribution < 1.29 is 0 Å². The Kier molecular flexibility index (Phi) is 4.18. The van der Waals surface area contributed by atoms with E-state index in [4.69, 9.17) is 5.10 Å². The summed E-state index contributed by atoms with van der Waals surface area (Å²) in [6.45, 7) is 6.40. The van der Waals surface area contributed by atoms with Gasteiger partial charge in [0, 0.05) is 49.2 Å². The third kappa shape index (κ3) is 3.08. The van der Waals surface area contributed by atoms with Gasteiger partial charge in [-0.3, -0.25) is 9.36 Å². The first-order valence-corrected chi connectivity index (χ1v) is 10.2. The van der Waals surface area contributed by atoms with Crippen molar-refractivity contribution in [2.24, 2.45) is 5.92 Å². The summed E-state index contributed by atoms with van der Waals surface area (Å²) in [7, 11) is 0. The molecule has 1 aliphatic heterocycles. The van der Waals surface area contributed by atoms with Crippen LogP contribution in [0.4, 0.5) is 5.82 Å². The highest BCUT2D eigenvalue weighted by Crippen LogP contribution is 2.40. The van der Waals surface area contributed by atoms with Gasteiger partial charge < -0.3 is 4.90 Å². The molecule has 7 nitrogen and oxygen atoms in total. The molecule has 1 saturated heterocycles. The lowest BCUT2D eigenvalue weighted by Gasteiger charge is -2.33. The summed E-state index contributed by atoms with van der Waals surface area (Å²) in [6, 6.07) is 2.21. The minimum Gasteiger partial charge on any atom is -0.355 e. The van der Waals surface area contributed by atoms with Crippen molar-refractivity contribution in [1.82, 2.24) is 24.1 Å². The van der Waals surface area contributed by atoms with Gasteiger partial charge in [0.25, 0.3) is 5.56 Å². The van der Waals surface area contributed by atoms with Gasteiger partial charge >= 0.3 is 0 Å². The lowest BCUT2D eigenvalue weighted by Crippen LogP contribution is -2.37. The second-order valence-corrected chi connectivity index (χ2v) is 8.27. The van der Waals surface area contributed by atoms with Crippen LogP contribution in [0.5, 0.6) is 0 Å². The van der Waals surface area contributed by atoms with Crippen LogP contribution in [0.25, 0.3) is 5.52 Å². The fourth-order valence-corrected chi connectivity index (χ4v) is 4.16. The first-order chi connectivity index (χ1) is 13.6. The van der Waals surface area contributed by atoms with Crippen LogP contribution in [-0.2, 0) is 6.54 Å². The largest absolute Gasteiger partial charge is 0.355 e. The Bertz CT molecular complexity index is 1070. The Hall–Kier alpha value is -2.70. The third-order valence-corrected chi connectivity index (χ3v) is 6.27. The Morgan fingerprint density at radius 1 is 1.11 bits per heavy atom. The van der Waals surface area contributed by atoms with Crippen molar-refractivity contribution >= 4 is 11.3 Å². The highest BCUT2D eigenvalue weighted by Gasteiger charge is 2.28. The van der Waals surface area contributed by atoms with E-state index in [0.717, 1.165) is 55.1 Å². The molecule has 2 aliphatic rings. The highest BCUT2D eigenvalue weighted by atomic mass is 16.1. The molecule has 0 radical (unpaired) electrons. The number of aryl methyl sites for hydroxylation is 1. The van der Waals surface area contributed by atoms with E-state index < -0.39 is 0 Å². The molecule has 3 aromatic heterocycles. The molecule has 3 aromatic rings. The van der Waals surface area contributed by atoms with E-state index in [9.17, 15) is 4.79 Å². The summed E-state index contributed by atoms with van der Waals surface area (Å²) in [5.41, 5.74) is 3.97. The molecular weight excluding hydrogens is 352 g/mol. The zero-order chi connectivity index (χ0) is 19.3. The average molecular weight is 378 g/mol. The van der Waals surface area contributed by atoms with Gasteiger partial charge in [-0.05, 0) is 51.5 Å². The summed E-state index contributed by atoms with van der Waals surface area (Å²) < 4.78 is 3.75. The lowest BCUT2D eigenvalue weighted by molar-refractivity contribution is 0.349. The Labute approximate surface area is 164 Å². The van der Waals surface area contributed by atoms with Crippen LogP contribution < -0.4 is 10.5 Å². The summed E-state index contributed by atoms with van der Waals surface area (Å²) >= 11 is 0. The van der Waals surface area contributed by atoms with Gasteiger partial charge in [0.1, 0.15) is 5.52 Å². The van der Waals surface area contributed by atoms with Crippen LogP contribution >= 0.6 is 0 Å². The molecule has 0 spiro atoms. The minimum absolute atomic E-state index is 0.0910. The number of nitrogens with zero attached hydrogens (tertiary/aromatic N) is 6. The Morgan fingerprint density at radius 3 is 2.64 bits per heavy atom. The van der Waals surface area contributed by atoms with E-state index in [-0.39, 0.29) is 5.56 Å². The molecule has 0 atom stereocenters. The maximum atomic E-state index is 12.5. The lowest BCUT2D eigenvalue weighted by atomic mass is 9.96. The van der Waals surface area contributed by atoms with E-state index in [1.807, 2.05) is 30.8 Å². The molecule has 0 amide bonds. The van der Waals surface area contributed by atoms with Crippen molar-refractivity contribution in [2.75, 3.05) is 18.0 Å². The number of piperidine rings is 1. The maximum absolute atomic E-state index is 12.5. The first kappa shape index (κ1) is 17.4. The van der Waals surface area contributed by atoms with E-state index >= 15 is 0 Å². The minimum atomic E-state index is 0.0910. The molecule has 1 aliphatic carbocycles. The van der Waals surface area contributed by atoms with Crippen LogP contribution in [0.15, 0.2) is 29.6 Å². The standard InChI is InChI=1S/C21H26N6O/c1-14-15(2)23-13-26(21(14)28)12-16-5-8-25(9-6-16)20-19-11-18(17-3-4-17)24-27(19)10-7-22-20/h7,10-11,13,16-17H,3-6,8-9,12H2,1-2H3. The van der Waals surface area contributed by atoms with Crippen LogP contribution in [0.1, 0.15) is 48.6 Å². The van der Waals surface area contributed by atoms with E-state index in [0.29, 0.717) is 11.8 Å². The topological polar surface area (TPSA) is 68.3 Å². The zero-order valence-electron chi connectivity index (χ0n) is 16.5. The molecule has 0 aromatic carbocycles. The molecule has 0 unspecified atom stereocenters. The van der Waals surface area contributed by atoms with Gasteiger partial charge in [-0.25, -0.2) is 14.5 Å². The van der Waals surface area contributed by atoms with Gasteiger partial charge in [0.2, 0.25) is 0 Å². The Balaban J connectivity index is 1.30. The number of aromatic nitrogens is 5. The van der Waals surface area contributed by atoms with Crippen LogP contribution in [0.2, 0.25) is 0 Å². The quantitative estimate of drug-likeness (QED) is 0.698. The second kappa shape index (κ2) is 6.72. The van der Waals surface area contributed by atoms with Crippen LogP contribution in [-0.4, -0.2) is 37.2 Å². The van der Waals surface area contributed by atoms with Crippen molar-refractivity contribution in [3.05, 3.63) is 52.1 Å². The number of hydrogen-bond donors (Lipinski definition) is 0. The van der Waals surface area contributed by atoms with Crippen molar-refractivity contribution in [2.45, 2.75) is 52.0 Å². The Morgan fingerprint density at radius 2 is 1.89 bits per heavy atom. The normalized spacial score (nSPS) is 18.1. The zero-order valence-corrected chi connectivity index (χ0v) is 16.5. The fourth-order valence-electron chi connectivity index (χ4n) is 4.16. The molecule has 2 fully saturated rings. The summed E-state index contributed by atoms with van der Waals surface area (Å²) in [5, 5.41) is 4.73. The van der Waals surface area contributed by atoms with Crippen molar-refractivity contribution in [3.63, 3.8) is 0 Å². The number of rotatable bonds is 4. The molecule has 0 N–H and O–H groups in total. The smallest absolute Gasteiger partial charge is 0.256 e. The van der Waals surface area contributed by atoms with Gasteiger partial charge in [0.05, 0.1) is 12.0 Å². The molecule has 1 saturated carbocycles. The molecule has 5 rings (SSSR count). The molecule has 28 heavy (non-hydrogen) atoms. The highest BCUT2D eigenvalue weighted by molar-refractivity contribution is 5.69. The van der Waals surface area contributed by atoms with Crippen LogP contribution in [0, 0.1) is 19.8 Å². The SMILES string of the molecule is Cc1ncn(CC2CCN(c3nccn4nc(C5CC5)cc34)CC2)c(=O)c1C. The molecule has 4 heterocycles. The number of fused-ring (bicyclic) bond motifs is 1. The summed E-state index contributed by atoms with van der Waals surface area (Å²) in [6.07, 6.45) is 10.1. The molecular formula is C21H26N6O. The van der Waals surface area contributed by atoms with Gasteiger partial charge in [-0.1, -0.05) is 0 Å². The third-order valence-electron chi connectivity index (χ3n) is 6.27. The van der Waals surface area contributed by atoms with E-state index in [1.165, 1.54) is 18.5 Å². The number of anilines is 1. The van der Waals surface area contributed by atoms with E-state index in [2.05, 4.69) is 20.9 Å². The second-order valence-electron chi connectivity index (χ2n) is 8.27. The fraction of sp³-hybridized carbons (Fsp3) is 0.524. The predicted molar refractivity (Wildman–Crippen MR) is 108 cm³/mol. The van der Waals surface area contributed by atoms with E-state index in [1.54, 1.807) is 10.9 Å². The van der Waals surface area contributed by atoms with Gasteiger partial charge in [-0.2, -0.15) is 5.10 Å². The van der Waals surface area contributed by atoms with Crippen LogP contribution in [0.3, 0.4) is 0 Å². The summed E-state index contributed by atoms with van der Waals surface area (Å²) in [5.74, 6) is 2.17. The molecule has 7 heteroatoms. The number of hydrogen-bond acceptors (Lipinski definition) is 5. The maximum Gasteiger partial charge on any atom is 0.256 e. The predicted octanol–water partition coefficient (Wildman–Crippen LogP) is 2.70. The van der Waals surface area contributed by atoms with Crippen molar-refractivity contribution in [3.8, 4) is 0 Å². The monoisotopic (exact) mass is 378 g/mol. The molecule has 146 valence electrons. The first-order valence-electron chi connectivity index (χ1n) is 10.2. The summed E-state index contributed by atoms with van der Waals surface area (Å²) in [4.78, 5) is 23.8. The van der Waals surface area contributed by atoms with Gasteiger partial charge in [-0.15, -0.1) is 0 Å². The van der Waals surface area contributed by atoms with Crippen molar-refractivity contribution in [1.29, 1.82) is 0 Å². The average Bonchev–Trinajstić information content (AvgIpc) is 3.47.